The number of nitrogens with zero attached hydrogens (tertiary/aromatic N) is 2. The van der Waals surface area contributed by atoms with E-state index in [4.69, 9.17) is 16.3 Å². The summed E-state index contributed by atoms with van der Waals surface area (Å²) in [6, 6.07) is 4.51. The number of amides is 3. The lowest BCUT2D eigenvalue weighted by Crippen LogP contribution is -2.51. The summed E-state index contributed by atoms with van der Waals surface area (Å²) in [7, 11) is 1.28. The third kappa shape index (κ3) is 3.93. The van der Waals surface area contributed by atoms with Gasteiger partial charge in [-0.2, -0.15) is 0 Å². The molecule has 2 aliphatic rings. The number of rotatable bonds is 3. The highest BCUT2D eigenvalue weighted by atomic mass is 35.5. The molecule has 2 saturated heterocycles. The van der Waals surface area contributed by atoms with Crippen LogP contribution in [0.1, 0.15) is 36.0 Å². The van der Waals surface area contributed by atoms with Crippen LogP contribution in [0, 0.1) is 0 Å². The number of urea groups is 1. The fraction of sp³-hybridized carbons (Fsp3) is 0.500. The average Bonchev–Trinajstić information content (AvgIpc) is 3.08. The number of piperidine rings is 1. The summed E-state index contributed by atoms with van der Waals surface area (Å²) in [4.78, 5) is 39.9. The maximum atomic E-state index is 12.6. The van der Waals surface area contributed by atoms with E-state index >= 15 is 0 Å². The van der Waals surface area contributed by atoms with Crippen LogP contribution in [-0.2, 0) is 9.53 Å². The van der Waals surface area contributed by atoms with Crippen molar-refractivity contribution in [2.24, 2.45) is 0 Å². The average molecular weight is 380 g/mol. The van der Waals surface area contributed by atoms with Gasteiger partial charge in [-0.1, -0.05) is 11.6 Å². The van der Waals surface area contributed by atoms with Gasteiger partial charge in [-0.15, -0.1) is 0 Å². The Morgan fingerprint density at radius 3 is 2.77 bits per heavy atom. The zero-order valence-electron chi connectivity index (χ0n) is 14.7. The van der Waals surface area contributed by atoms with E-state index in [-0.39, 0.29) is 28.6 Å². The molecule has 3 amide bonds. The molecule has 2 aliphatic heterocycles. The predicted molar refractivity (Wildman–Crippen MR) is 97.4 cm³/mol. The third-order valence-corrected chi connectivity index (χ3v) is 5.19. The van der Waals surface area contributed by atoms with Crippen molar-refractivity contribution in [1.82, 2.24) is 9.80 Å². The van der Waals surface area contributed by atoms with Crippen LogP contribution in [0.4, 0.5) is 10.5 Å². The number of likely N-dealkylation sites (tertiary alicyclic amines) is 2. The van der Waals surface area contributed by atoms with E-state index in [0.29, 0.717) is 25.2 Å². The molecule has 0 aromatic heterocycles. The highest BCUT2D eigenvalue weighted by molar-refractivity contribution is 6.33. The van der Waals surface area contributed by atoms with Gasteiger partial charge in [0.2, 0.25) is 5.91 Å². The third-order valence-electron chi connectivity index (χ3n) is 4.86. The number of hydrogen-bond acceptors (Lipinski definition) is 4. The molecule has 7 nitrogen and oxygen atoms in total. The Hall–Kier alpha value is -2.28. The SMILES string of the molecule is COC(=O)c1cc(NC(=O)N2CCC[C@H](N3CCCC3=O)C2)ccc1Cl. The zero-order chi connectivity index (χ0) is 18.7. The van der Waals surface area contributed by atoms with Crippen molar-refractivity contribution in [3.05, 3.63) is 28.8 Å². The summed E-state index contributed by atoms with van der Waals surface area (Å²) in [5, 5.41) is 3.06. The fourth-order valence-electron chi connectivity index (χ4n) is 3.52. The van der Waals surface area contributed by atoms with Crippen LogP contribution < -0.4 is 5.32 Å². The lowest BCUT2D eigenvalue weighted by Gasteiger charge is -2.37. The van der Waals surface area contributed by atoms with E-state index in [1.807, 2.05) is 4.90 Å². The molecule has 2 fully saturated rings. The Labute approximate surface area is 157 Å². The Morgan fingerprint density at radius 1 is 1.27 bits per heavy atom. The minimum atomic E-state index is -0.559. The Morgan fingerprint density at radius 2 is 2.08 bits per heavy atom. The number of carbonyl (C=O) groups is 3. The molecule has 1 N–H and O–H groups in total. The number of ether oxygens (including phenoxy) is 1. The van der Waals surface area contributed by atoms with Crippen LogP contribution in [0.25, 0.3) is 0 Å². The van der Waals surface area contributed by atoms with Crippen molar-refractivity contribution in [1.29, 1.82) is 0 Å². The molecular weight excluding hydrogens is 358 g/mol. The largest absolute Gasteiger partial charge is 0.465 e. The molecule has 1 aromatic carbocycles. The van der Waals surface area contributed by atoms with Gasteiger partial charge >= 0.3 is 12.0 Å². The molecule has 1 atom stereocenters. The molecule has 1 aromatic rings. The maximum Gasteiger partial charge on any atom is 0.339 e. The van der Waals surface area contributed by atoms with E-state index in [2.05, 4.69) is 5.32 Å². The molecule has 26 heavy (non-hydrogen) atoms. The van der Waals surface area contributed by atoms with Gasteiger partial charge in [0.05, 0.1) is 17.7 Å². The van der Waals surface area contributed by atoms with E-state index in [0.717, 1.165) is 25.8 Å². The van der Waals surface area contributed by atoms with Crippen LogP contribution in [0.15, 0.2) is 18.2 Å². The predicted octanol–water partition coefficient (Wildman–Crippen LogP) is 2.75. The van der Waals surface area contributed by atoms with Crippen LogP contribution in [0.5, 0.6) is 0 Å². The smallest absolute Gasteiger partial charge is 0.339 e. The van der Waals surface area contributed by atoms with Crippen molar-refractivity contribution in [3.63, 3.8) is 0 Å². The molecule has 0 saturated carbocycles. The van der Waals surface area contributed by atoms with Gasteiger partial charge < -0.3 is 19.9 Å². The molecule has 0 unspecified atom stereocenters. The first kappa shape index (κ1) is 18.5. The van der Waals surface area contributed by atoms with Crippen LogP contribution in [0.2, 0.25) is 5.02 Å². The minimum Gasteiger partial charge on any atom is -0.465 e. The number of anilines is 1. The number of benzene rings is 1. The Kier molecular flexibility index (Phi) is 5.66. The highest BCUT2D eigenvalue weighted by Gasteiger charge is 2.32. The number of methoxy groups -OCH3 is 1. The van der Waals surface area contributed by atoms with Gasteiger partial charge in [-0.25, -0.2) is 9.59 Å². The first-order valence-electron chi connectivity index (χ1n) is 8.73. The van der Waals surface area contributed by atoms with E-state index in [1.165, 1.54) is 13.2 Å². The molecule has 0 radical (unpaired) electrons. The quantitative estimate of drug-likeness (QED) is 0.819. The summed E-state index contributed by atoms with van der Waals surface area (Å²) < 4.78 is 4.69. The fourth-order valence-corrected chi connectivity index (χ4v) is 3.72. The first-order valence-corrected chi connectivity index (χ1v) is 9.10. The molecule has 8 heteroatoms. The summed E-state index contributed by atoms with van der Waals surface area (Å²) in [5.41, 5.74) is 0.672. The van der Waals surface area contributed by atoms with Crippen molar-refractivity contribution >= 4 is 35.2 Å². The van der Waals surface area contributed by atoms with Crippen molar-refractivity contribution < 1.29 is 19.1 Å². The summed E-state index contributed by atoms with van der Waals surface area (Å²) in [5.74, 6) is -0.380. The van der Waals surface area contributed by atoms with Crippen LogP contribution in [-0.4, -0.2) is 60.5 Å². The van der Waals surface area contributed by atoms with Crippen molar-refractivity contribution in [2.45, 2.75) is 31.7 Å². The number of nitrogens with one attached hydrogen (secondary N) is 1. The number of carbonyl (C=O) groups excluding carboxylic acids is 3. The maximum absolute atomic E-state index is 12.6. The monoisotopic (exact) mass is 379 g/mol. The molecular formula is C18H22ClN3O4. The first-order chi connectivity index (χ1) is 12.5. The zero-order valence-corrected chi connectivity index (χ0v) is 15.4. The minimum absolute atomic E-state index is 0.0837. The molecule has 2 heterocycles. The van der Waals surface area contributed by atoms with E-state index < -0.39 is 5.97 Å². The molecule has 0 bridgehead atoms. The summed E-state index contributed by atoms with van der Waals surface area (Å²) in [6.07, 6.45) is 3.27. The molecule has 0 spiro atoms. The second kappa shape index (κ2) is 7.95. The topological polar surface area (TPSA) is 79.0 Å². The summed E-state index contributed by atoms with van der Waals surface area (Å²) >= 11 is 6.00. The van der Waals surface area contributed by atoms with Gasteiger partial charge in [-0.3, -0.25) is 4.79 Å². The number of halogens is 1. The standard InChI is InChI=1S/C18H22ClN3O4/c1-26-17(24)14-10-12(6-7-15(14)19)20-18(25)21-8-2-4-13(11-21)22-9-3-5-16(22)23/h6-7,10,13H,2-5,8-9,11H2,1H3,(H,20,25)/t13-/m0/s1. The Bertz CT molecular complexity index is 724. The second-order valence-corrected chi connectivity index (χ2v) is 6.96. The van der Waals surface area contributed by atoms with Crippen LogP contribution in [0.3, 0.4) is 0 Å². The molecule has 3 rings (SSSR count). The second-order valence-electron chi connectivity index (χ2n) is 6.55. The van der Waals surface area contributed by atoms with Gasteiger partial charge in [0.1, 0.15) is 0 Å². The van der Waals surface area contributed by atoms with Gasteiger partial charge in [-0.05, 0) is 37.5 Å². The van der Waals surface area contributed by atoms with Gasteiger partial charge in [0.15, 0.2) is 0 Å². The summed E-state index contributed by atoms with van der Waals surface area (Å²) in [6.45, 7) is 1.94. The Balaban J connectivity index is 1.66. The van der Waals surface area contributed by atoms with E-state index in [9.17, 15) is 14.4 Å². The van der Waals surface area contributed by atoms with E-state index in [1.54, 1.807) is 17.0 Å². The lowest BCUT2D eigenvalue weighted by molar-refractivity contribution is -0.130. The highest BCUT2D eigenvalue weighted by Crippen LogP contribution is 2.24. The van der Waals surface area contributed by atoms with Crippen molar-refractivity contribution in [3.8, 4) is 0 Å². The molecule has 140 valence electrons. The molecule has 0 aliphatic carbocycles. The van der Waals surface area contributed by atoms with Crippen molar-refractivity contribution in [2.75, 3.05) is 32.1 Å². The number of hydrogen-bond donors (Lipinski definition) is 1. The lowest BCUT2D eigenvalue weighted by atomic mass is 10.0. The number of esters is 1. The normalized spacial score (nSPS) is 20.2. The van der Waals surface area contributed by atoms with Gasteiger partial charge in [0.25, 0.3) is 0 Å². The van der Waals surface area contributed by atoms with Crippen LogP contribution >= 0.6 is 11.6 Å². The van der Waals surface area contributed by atoms with Gasteiger partial charge in [0, 0.05) is 37.8 Å².